The van der Waals surface area contributed by atoms with Crippen molar-refractivity contribution in [3.05, 3.63) is 84.4 Å². The number of aliphatic imine (C=N–C) groups is 1. The number of nitrogens with zero attached hydrogens (tertiary/aromatic N) is 4. The zero-order chi connectivity index (χ0) is 20.1. The van der Waals surface area contributed by atoms with Gasteiger partial charge in [0.1, 0.15) is 0 Å². The van der Waals surface area contributed by atoms with Gasteiger partial charge < -0.3 is 10.3 Å². The lowest BCUT2D eigenvalue weighted by Crippen LogP contribution is -2.51. The predicted molar refractivity (Wildman–Crippen MR) is 112 cm³/mol. The smallest absolute Gasteiger partial charge is 0.208 e. The van der Waals surface area contributed by atoms with Gasteiger partial charge in [0, 0.05) is 19.4 Å². The fourth-order valence-corrected chi connectivity index (χ4v) is 3.06. The van der Waals surface area contributed by atoms with Crippen molar-refractivity contribution in [2.75, 3.05) is 12.4 Å². The van der Waals surface area contributed by atoms with Gasteiger partial charge in [0.05, 0.1) is 22.4 Å². The second-order valence-electron chi connectivity index (χ2n) is 6.28. The van der Waals surface area contributed by atoms with Gasteiger partial charge in [-0.25, -0.2) is 4.98 Å². The quantitative estimate of drug-likeness (QED) is 0.277. The summed E-state index contributed by atoms with van der Waals surface area (Å²) in [6.07, 6.45) is 4.05. The van der Waals surface area contributed by atoms with Crippen LogP contribution < -0.4 is 10.6 Å². The van der Waals surface area contributed by atoms with Crippen molar-refractivity contribution >= 4 is 29.2 Å². The van der Waals surface area contributed by atoms with Gasteiger partial charge in [-0.1, -0.05) is 24.3 Å². The molecule has 1 aromatic carbocycles. The number of anilines is 1. The van der Waals surface area contributed by atoms with Gasteiger partial charge in [-0.15, -0.1) is 0 Å². The van der Waals surface area contributed by atoms with Crippen LogP contribution in [-0.4, -0.2) is 39.2 Å². The first-order chi connectivity index (χ1) is 14.2. The molecule has 0 bridgehead atoms. The average Bonchev–Trinajstić information content (AvgIpc) is 3.20. The molecule has 4 rings (SSSR count). The van der Waals surface area contributed by atoms with E-state index in [1.54, 1.807) is 43.7 Å². The lowest BCUT2D eigenvalue weighted by atomic mass is 9.91. The van der Waals surface area contributed by atoms with Crippen molar-refractivity contribution < 1.29 is 4.79 Å². The normalized spacial score (nSPS) is 12.0. The Morgan fingerprint density at radius 3 is 2.21 bits per heavy atom. The maximum absolute atomic E-state index is 12.4. The van der Waals surface area contributed by atoms with Crippen LogP contribution in [0.5, 0.6) is 0 Å². The molecule has 0 aliphatic rings. The third kappa shape index (κ3) is 3.55. The highest BCUT2D eigenvalue weighted by molar-refractivity contribution is 5.96. The number of rotatable bonds is 5. The third-order valence-corrected chi connectivity index (χ3v) is 4.48. The van der Waals surface area contributed by atoms with Gasteiger partial charge in [-0.2, -0.15) is 0 Å². The number of fused-ring (bicyclic) bond motifs is 1. The number of aromatic nitrogens is 4. The van der Waals surface area contributed by atoms with E-state index in [1.807, 2.05) is 36.4 Å². The maximum atomic E-state index is 12.4. The lowest BCUT2D eigenvalue weighted by molar-refractivity contribution is -0.112. The first kappa shape index (κ1) is 18.3. The number of imidazole rings is 1. The molecular formula is C21H19N7O. The first-order valence-electron chi connectivity index (χ1n) is 9.01. The molecular weight excluding hydrogens is 366 g/mol. The van der Waals surface area contributed by atoms with Crippen LogP contribution in [0.1, 0.15) is 11.4 Å². The van der Waals surface area contributed by atoms with Crippen LogP contribution in [0.25, 0.3) is 11.0 Å². The zero-order valence-corrected chi connectivity index (χ0v) is 15.7. The van der Waals surface area contributed by atoms with Crippen LogP contribution >= 0.6 is 0 Å². The van der Waals surface area contributed by atoms with E-state index in [2.05, 4.69) is 35.6 Å². The molecule has 0 aliphatic carbocycles. The fourth-order valence-electron chi connectivity index (χ4n) is 3.06. The Bertz CT molecular complexity index is 1070. The SMILES string of the molecule is CN=C(Nc1nc2ccccc2[nH]1)NC(C=O)(c1ccccn1)c1ccccn1. The van der Waals surface area contributed by atoms with Crippen molar-refractivity contribution in [3.63, 3.8) is 0 Å². The summed E-state index contributed by atoms with van der Waals surface area (Å²) in [5.41, 5.74) is 1.39. The number of carbonyl (C=O) groups is 1. The average molecular weight is 385 g/mol. The van der Waals surface area contributed by atoms with Crippen LogP contribution in [0.4, 0.5) is 5.95 Å². The first-order valence-corrected chi connectivity index (χ1v) is 9.01. The predicted octanol–water partition coefficient (Wildman–Crippen LogP) is 2.48. The Kier molecular flexibility index (Phi) is 4.98. The molecule has 3 N–H and O–H groups in total. The second kappa shape index (κ2) is 7.89. The minimum absolute atomic E-state index is 0.340. The van der Waals surface area contributed by atoms with Gasteiger partial charge in [-0.05, 0) is 36.4 Å². The van der Waals surface area contributed by atoms with E-state index in [0.29, 0.717) is 23.3 Å². The van der Waals surface area contributed by atoms with Crippen LogP contribution in [-0.2, 0) is 10.3 Å². The van der Waals surface area contributed by atoms with E-state index < -0.39 is 5.54 Å². The molecule has 4 aromatic rings. The van der Waals surface area contributed by atoms with Crippen LogP contribution in [0.3, 0.4) is 0 Å². The molecule has 0 aliphatic heterocycles. The molecule has 0 saturated carbocycles. The number of hydrogen-bond acceptors (Lipinski definition) is 5. The van der Waals surface area contributed by atoms with Gasteiger partial charge in [-0.3, -0.25) is 25.1 Å². The van der Waals surface area contributed by atoms with E-state index in [9.17, 15) is 4.79 Å². The van der Waals surface area contributed by atoms with E-state index in [1.165, 1.54) is 0 Å². The Balaban J connectivity index is 1.72. The van der Waals surface area contributed by atoms with Crippen molar-refractivity contribution in [2.45, 2.75) is 5.54 Å². The monoisotopic (exact) mass is 385 g/mol. The number of carbonyl (C=O) groups excluding carboxylic acids is 1. The number of aldehydes is 1. The lowest BCUT2D eigenvalue weighted by Gasteiger charge is -2.29. The Hall–Kier alpha value is -4.07. The minimum atomic E-state index is -1.32. The summed E-state index contributed by atoms with van der Waals surface area (Å²) < 4.78 is 0. The standard InChI is InChI=1S/C21H19N7O/c1-22-19(27-20-25-15-8-2-3-9-16(15)26-20)28-21(14-29,17-10-4-6-12-23-17)18-11-5-7-13-24-18/h2-14H,1H3,(H3,22,25,26,27,28). The second-order valence-corrected chi connectivity index (χ2v) is 6.28. The molecule has 29 heavy (non-hydrogen) atoms. The summed E-state index contributed by atoms with van der Waals surface area (Å²) in [4.78, 5) is 33.1. The summed E-state index contributed by atoms with van der Waals surface area (Å²) >= 11 is 0. The van der Waals surface area contributed by atoms with Crippen LogP contribution in [0, 0.1) is 0 Å². The summed E-state index contributed by atoms with van der Waals surface area (Å²) in [5.74, 6) is 0.841. The number of hydrogen-bond donors (Lipinski definition) is 3. The number of pyridine rings is 2. The third-order valence-electron chi connectivity index (χ3n) is 4.48. The minimum Gasteiger partial charge on any atom is -0.334 e. The van der Waals surface area contributed by atoms with E-state index in [-0.39, 0.29) is 0 Å². The number of aromatic amines is 1. The molecule has 0 radical (unpaired) electrons. The van der Waals surface area contributed by atoms with E-state index in [4.69, 9.17) is 0 Å². The molecule has 3 aromatic heterocycles. The van der Waals surface area contributed by atoms with Crippen LogP contribution in [0.15, 0.2) is 78.0 Å². The molecule has 8 nitrogen and oxygen atoms in total. The Morgan fingerprint density at radius 1 is 1.00 bits per heavy atom. The largest absolute Gasteiger partial charge is 0.334 e. The zero-order valence-electron chi connectivity index (χ0n) is 15.7. The highest BCUT2D eigenvalue weighted by Gasteiger charge is 2.38. The Labute approximate surface area is 167 Å². The molecule has 144 valence electrons. The highest BCUT2D eigenvalue weighted by atomic mass is 16.1. The number of H-pyrrole nitrogens is 1. The molecule has 3 heterocycles. The molecule has 0 amide bonds. The topological polar surface area (TPSA) is 108 Å². The molecule has 0 spiro atoms. The van der Waals surface area contributed by atoms with Gasteiger partial charge in [0.2, 0.25) is 5.95 Å². The number of guanidine groups is 1. The van der Waals surface area contributed by atoms with Gasteiger partial charge in [0.25, 0.3) is 0 Å². The fraction of sp³-hybridized carbons (Fsp3) is 0.0952. The molecule has 0 fully saturated rings. The summed E-state index contributed by atoms with van der Waals surface area (Å²) in [7, 11) is 1.62. The van der Waals surface area contributed by atoms with Gasteiger partial charge >= 0.3 is 0 Å². The van der Waals surface area contributed by atoms with Crippen molar-refractivity contribution in [3.8, 4) is 0 Å². The highest BCUT2D eigenvalue weighted by Crippen LogP contribution is 2.25. The van der Waals surface area contributed by atoms with Gasteiger partial charge in [0.15, 0.2) is 17.8 Å². The summed E-state index contributed by atoms with van der Waals surface area (Å²) in [6.45, 7) is 0. The molecule has 0 saturated heterocycles. The number of benzene rings is 1. The summed E-state index contributed by atoms with van der Waals surface area (Å²) in [5, 5.41) is 6.28. The van der Waals surface area contributed by atoms with E-state index in [0.717, 1.165) is 17.3 Å². The van der Waals surface area contributed by atoms with Crippen molar-refractivity contribution in [2.24, 2.45) is 4.99 Å². The van der Waals surface area contributed by atoms with E-state index >= 15 is 0 Å². The molecule has 8 heteroatoms. The van der Waals surface area contributed by atoms with Crippen molar-refractivity contribution in [1.82, 2.24) is 25.3 Å². The molecule has 0 unspecified atom stereocenters. The maximum Gasteiger partial charge on any atom is 0.208 e. The summed E-state index contributed by atoms with van der Waals surface area (Å²) in [6, 6.07) is 18.4. The van der Waals surface area contributed by atoms with Crippen molar-refractivity contribution in [1.29, 1.82) is 0 Å². The Morgan fingerprint density at radius 2 is 1.66 bits per heavy atom. The molecule has 0 atom stereocenters. The number of nitrogens with one attached hydrogen (secondary N) is 3. The van der Waals surface area contributed by atoms with Crippen LogP contribution in [0.2, 0.25) is 0 Å². The number of para-hydroxylation sites is 2.